The molecule has 0 aliphatic heterocycles. The van der Waals surface area contributed by atoms with Crippen LogP contribution < -0.4 is 11.1 Å². The highest BCUT2D eigenvalue weighted by atomic mass is 35.5. The van der Waals surface area contributed by atoms with E-state index in [4.69, 9.17) is 22.7 Å². The van der Waals surface area contributed by atoms with Gasteiger partial charge in [0.1, 0.15) is 16.8 Å². The molecule has 3 aromatic rings. The van der Waals surface area contributed by atoms with Crippen molar-refractivity contribution in [3.63, 3.8) is 0 Å². The van der Waals surface area contributed by atoms with Crippen molar-refractivity contribution in [2.75, 3.05) is 12.3 Å². The van der Waals surface area contributed by atoms with Crippen molar-refractivity contribution in [1.82, 2.24) is 15.3 Å². The second-order valence-electron chi connectivity index (χ2n) is 8.08. The van der Waals surface area contributed by atoms with Crippen molar-refractivity contribution >= 4 is 29.2 Å². The molecule has 1 aromatic carbocycles. The zero-order valence-electron chi connectivity index (χ0n) is 18.1. The average Bonchev–Trinajstić information content (AvgIpc) is 2.70. The first-order valence-corrected chi connectivity index (χ1v) is 10.3. The molecule has 0 saturated carbocycles. The summed E-state index contributed by atoms with van der Waals surface area (Å²) < 4.78 is 13.5. The summed E-state index contributed by atoms with van der Waals surface area (Å²) in [4.78, 5) is 8.82. The van der Waals surface area contributed by atoms with Crippen molar-refractivity contribution in [3.8, 4) is 22.4 Å². The summed E-state index contributed by atoms with van der Waals surface area (Å²) in [7, 11) is 0. The first-order chi connectivity index (χ1) is 15.1. The highest BCUT2D eigenvalue weighted by Crippen LogP contribution is 2.36. The lowest BCUT2D eigenvalue weighted by atomic mass is 9.95. The maximum absolute atomic E-state index is 13.5. The third-order valence-corrected chi connectivity index (χ3v) is 4.86. The number of aryl methyl sites for hydroxylation is 1. The summed E-state index contributed by atoms with van der Waals surface area (Å²) in [6, 6.07) is 11.4. The normalized spacial score (nSPS) is 12.0. The van der Waals surface area contributed by atoms with Gasteiger partial charge in [-0.05, 0) is 68.8 Å². The molecule has 0 atom stereocenters. The van der Waals surface area contributed by atoms with Gasteiger partial charge in [-0.2, -0.15) is 0 Å². The maximum Gasteiger partial charge on any atom is 0.132 e. The van der Waals surface area contributed by atoms with Gasteiger partial charge in [0, 0.05) is 46.9 Å². The number of nitrogens with one attached hydrogen (secondary N) is 2. The number of benzene rings is 1. The molecular formula is C24H25ClFN5O. The van der Waals surface area contributed by atoms with E-state index in [9.17, 15) is 9.50 Å². The lowest BCUT2D eigenvalue weighted by Crippen LogP contribution is -2.32. The van der Waals surface area contributed by atoms with Gasteiger partial charge in [-0.3, -0.25) is 0 Å². The Hall–Kier alpha value is -3.29. The van der Waals surface area contributed by atoms with Crippen molar-refractivity contribution in [2.45, 2.75) is 26.4 Å². The SMILES string of the molecule is Cc1cc(-c2cc(/C(C=N)=C/NCC(C)(C)O)c(N)nc2-c2ccc(F)cc2)cc(Cl)n1. The zero-order valence-corrected chi connectivity index (χ0v) is 18.8. The fourth-order valence-electron chi connectivity index (χ4n) is 3.20. The Morgan fingerprint density at radius 3 is 2.47 bits per heavy atom. The Labute approximate surface area is 191 Å². The monoisotopic (exact) mass is 453 g/mol. The number of halogens is 2. The molecule has 0 aliphatic rings. The summed E-state index contributed by atoms with van der Waals surface area (Å²) >= 11 is 6.20. The molecule has 0 bridgehead atoms. The molecule has 3 rings (SSSR count). The Bertz CT molecular complexity index is 1150. The minimum atomic E-state index is -0.920. The lowest BCUT2D eigenvalue weighted by Gasteiger charge is -2.18. The number of nitrogens with zero attached hydrogens (tertiary/aromatic N) is 2. The van der Waals surface area contributed by atoms with E-state index in [0.29, 0.717) is 33.1 Å². The van der Waals surface area contributed by atoms with Crippen LogP contribution in [0.1, 0.15) is 25.1 Å². The highest BCUT2D eigenvalue weighted by Gasteiger charge is 2.17. The van der Waals surface area contributed by atoms with Gasteiger partial charge in [0.2, 0.25) is 0 Å². The predicted octanol–water partition coefficient (Wildman–Crippen LogP) is 4.84. The molecule has 166 valence electrons. The minimum Gasteiger partial charge on any atom is -0.389 e. The number of rotatable bonds is 7. The standard InChI is InChI=1S/C24H25ClFN5O/c1-14-8-16(9-21(25)30-14)19-10-20(17(11-27)12-29-13-24(2,3)32)23(28)31-22(19)15-4-6-18(26)7-5-15/h4-12,27,29,32H,13H2,1-3H3,(H2,28,31)/b17-12+,27-11?. The molecule has 2 aromatic heterocycles. The van der Waals surface area contributed by atoms with Crippen molar-refractivity contribution in [2.24, 2.45) is 0 Å². The molecule has 32 heavy (non-hydrogen) atoms. The number of hydrogen-bond acceptors (Lipinski definition) is 6. The van der Waals surface area contributed by atoms with Crippen LogP contribution in [0.25, 0.3) is 28.0 Å². The molecule has 0 radical (unpaired) electrons. The van der Waals surface area contributed by atoms with Gasteiger partial charge in [-0.15, -0.1) is 0 Å². The number of anilines is 1. The second kappa shape index (κ2) is 9.46. The Kier molecular flexibility index (Phi) is 6.91. The summed E-state index contributed by atoms with van der Waals surface area (Å²) in [5.74, 6) is -0.139. The average molecular weight is 454 g/mol. The molecule has 0 unspecified atom stereocenters. The third kappa shape index (κ3) is 5.69. The number of nitrogens with two attached hydrogens (primary N) is 1. The quantitative estimate of drug-likeness (QED) is 0.302. The first-order valence-electron chi connectivity index (χ1n) is 9.95. The van der Waals surface area contributed by atoms with Crippen LogP contribution in [0, 0.1) is 18.2 Å². The van der Waals surface area contributed by atoms with E-state index in [2.05, 4.69) is 15.3 Å². The summed E-state index contributed by atoms with van der Waals surface area (Å²) in [5, 5.41) is 21.1. The second-order valence-corrected chi connectivity index (χ2v) is 8.47. The van der Waals surface area contributed by atoms with Crippen molar-refractivity contribution < 1.29 is 9.50 Å². The number of pyridine rings is 2. The van der Waals surface area contributed by atoms with Gasteiger partial charge in [-0.25, -0.2) is 14.4 Å². The maximum atomic E-state index is 13.5. The van der Waals surface area contributed by atoms with Gasteiger partial charge in [0.25, 0.3) is 0 Å². The van der Waals surface area contributed by atoms with E-state index in [1.54, 1.807) is 38.2 Å². The number of aliphatic hydroxyl groups is 1. The summed E-state index contributed by atoms with van der Waals surface area (Å²) in [6.45, 7) is 5.48. The van der Waals surface area contributed by atoms with Crippen LogP contribution in [-0.4, -0.2) is 33.4 Å². The van der Waals surface area contributed by atoms with Gasteiger partial charge in [-0.1, -0.05) is 11.6 Å². The minimum absolute atomic E-state index is 0.213. The van der Waals surface area contributed by atoms with Crippen LogP contribution in [-0.2, 0) is 0 Å². The Balaban J connectivity index is 2.20. The lowest BCUT2D eigenvalue weighted by molar-refractivity contribution is 0.0836. The highest BCUT2D eigenvalue weighted by molar-refractivity contribution is 6.29. The van der Waals surface area contributed by atoms with Gasteiger partial charge in [0.05, 0.1) is 11.3 Å². The van der Waals surface area contributed by atoms with Crippen LogP contribution >= 0.6 is 11.6 Å². The molecule has 0 fully saturated rings. The molecule has 0 saturated heterocycles. The third-order valence-electron chi connectivity index (χ3n) is 4.66. The molecule has 0 spiro atoms. The molecule has 6 nitrogen and oxygen atoms in total. The van der Waals surface area contributed by atoms with Crippen LogP contribution in [0.3, 0.4) is 0 Å². The Morgan fingerprint density at radius 1 is 1.19 bits per heavy atom. The molecule has 0 amide bonds. The summed E-state index contributed by atoms with van der Waals surface area (Å²) in [6.07, 6.45) is 2.78. The molecule has 8 heteroatoms. The fourth-order valence-corrected chi connectivity index (χ4v) is 3.45. The van der Waals surface area contributed by atoms with E-state index in [-0.39, 0.29) is 18.2 Å². The number of aromatic nitrogens is 2. The van der Waals surface area contributed by atoms with Crippen LogP contribution in [0.4, 0.5) is 10.2 Å². The van der Waals surface area contributed by atoms with Crippen LogP contribution in [0.5, 0.6) is 0 Å². The largest absolute Gasteiger partial charge is 0.389 e. The smallest absolute Gasteiger partial charge is 0.132 e. The van der Waals surface area contributed by atoms with Gasteiger partial charge in [0.15, 0.2) is 0 Å². The van der Waals surface area contributed by atoms with Crippen molar-refractivity contribution in [3.05, 3.63) is 70.9 Å². The van der Waals surface area contributed by atoms with E-state index >= 15 is 0 Å². The van der Waals surface area contributed by atoms with Crippen LogP contribution in [0.2, 0.25) is 5.15 Å². The molecular weight excluding hydrogens is 429 g/mol. The number of nitrogen functional groups attached to an aromatic ring is 1. The van der Waals surface area contributed by atoms with E-state index < -0.39 is 5.60 Å². The number of hydrogen-bond donors (Lipinski definition) is 4. The molecule has 5 N–H and O–H groups in total. The fraction of sp³-hybridized carbons (Fsp3) is 0.208. The topological polar surface area (TPSA) is 108 Å². The zero-order chi connectivity index (χ0) is 23.5. The molecule has 0 aliphatic carbocycles. The van der Waals surface area contributed by atoms with E-state index in [1.807, 2.05) is 19.1 Å². The van der Waals surface area contributed by atoms with Crippen LogP contribution in [0.15, 0.2) is 48.7 Å². The van der Waals surface area contributed by atoms with Gasteiger partial charge >= 0.3 is 0 Å². The van der Waals surface area contributed by atoms with Crippen molar-refractivity contribution in [1.29, 1.82) is 5.41 Å². The van der Waals surface area contributed by atoms with E-state index in [1.165, 1.54) is 12.1 Å². The summed E-state index contributed by atoms with van der Waals surface area (Å²) in [5.41, 5.74) is 9.84. The first kappa shape index (κ1) is 23.4. The van der Waals surface area contributed by atoms with E-state index in [0.717, 1.165) is 17.5 Å². The molecule has 2 heterocycles. The predicted molar refractivity (Wildman–Crippen MR) is 128 cm³/mol. The Morgan fingerprint density at radius 2 is 1.88 bits per heavy atom. The number of allylic oxidation sites excluding steroid dienone is 1. The van der Waals surface area contributed by atoms with Gasteiger partial charge < -0.3 is 21.6 Å².